The lowest BCUT2D eigenvalue weighted by molar-refractivity contribution is -0.138. The molecule has 0 aliphatic carbocycles. The lowest BCUT2D eigenvalue weighted by Gasteiger charge is -2.04. The highest BCUT2D eigenvalue weighted by atomic mass is 16.5. The van der Waals surface area contributed by atoms with E-state index in [1.54, 1.807) is 0 Å². The summed E-state index contributed by atoms with van der Waals surface area (Å²) in [5.74, 6) is -0.237. The molecular formula is C20H30O2. The van der Waals surface area contributed by atoms with E-state index in [4.69, 9.17) is 4.74 Å². The van der Waals surface area contributed by atoms with Gasteiger partial charge in [0.05, 0.1) is 6.61 Å². The molecule has 0 fully saturated rings. The third-order valence-corrected chi connectivity index (χ3v) is 3.16. The van der Waals surface area contributed by atoms with Crippen LogP contribution in [0.15, 0.2) is 49.1 Å². The summed E-state index contributed by atoms with van der Waals surface area (Å²) in [6.45, 7) is 13.9. The van der Waals surface area contributed by atoms with E-state index >= 15 is 0 Å². The standard InChI is InChI=1S/C11H20O2.C9H10/c1-4-6-7-8-9-10(3)11(12)13-5-2;1-8(2)9-6-4-3-5-7-9/h3-9H2,1-2H3;3-7H,1H2,2H3. The summed E-state index contributed by atoms with van der Waals surface area (Å²) in [6.07, 6.45) is 5.45. The van der Waals surface area contributed by atoms with Crippen molar-refractivity contribution in [2.24, 2.45) is 0 Å². The maximum atomic E-state index is 11.1. The van der Waals surface area contributed by atoms with Crippen LogP contribution < -0.4 is 0 Å². The van der Waals surface area contributed by atoms with Gasteiger partial charge in [-0.15, -0.1) is 0 Å². The van der Waals surface area contributed by atoms with Crippen LogP contribution in [0.5, 0.6) is 0 Å². The Morgan fingerprint density at radius 3 is 2.14 bits per heavy atom. The fourth-order valence-electron chi connectivity index (χ4n) is 1.82. The molecule has 0 aliphatic rings. The molecule has 122 valence electrons. The van der Waals surface area contributed by atoms with Gasteiger partial charge < -0.3 is 4.74 Å². The van der Waals surface area contributed by atoms with E-state index in [-0.39, 0.29) is 5.97 Å². The Labute approximate surface area is 135 Å². The largest absolute Gasteiger partial charge is 0.463 e. The second-order valence-corrected chi connectivity index (χ2v) is 5.28. The van der Waals surface area contributed by atoms with Crippen molar-refractivity contribution >= 4 is 11.5 Å². The molecule has 0 aromatic heterocycles. The molecule has 0 radical (unpaired) electrons. The van der Waals surface area contributed by atoms with E-state index in [2.05, 4.69) is 32.2 Å². The Hall–Kier alpha value is -1.83. The predicted molar refractivity (Wildman–Crippen MR) is 95.7 cm³/mol. The summed E-state index contributed by atoms with van der Waals surface area (Å²) in [4.78, 5) is 11.1. The number of unbranched alkanes of at least 4 members (excludes halogenated alkanes) is 3. The molecule has 0 heterocycles. The summed E-state index contributed by atoms with van der Waals surface area (Å²) in [5, 5.41) is 0. The van der Waals surface area contributed by atoms with Crippen LogP contribution in [0.1, 0.15) is 58.4 Å². The number of carbonyl (C=O) groups is 1. The van der Waals surface area contributed by atoms with Crippen LogP contribution in [0.2, 0.25) is 0 Å². The smallest absolute Gasteiger partial charge is 0.333 e. The predicted octanol–water partition coefficient (Wildman–Crippen LogP) is 5.80. The third-order valence-electron chi connectivity index (χ3n) is 3.16. The number of ether oxygens (including phenoxy) is 1. The van der Waals surface area contributed by atoms with Gasteiger partial charge in [-0.1, -0.05) is 75.2 Å². The number of allylic oxidation sites excluding steroid dienone is 1. The van der Waals surface area contributed by atoms with Gasteiger partial charge in [0.1, 0.15) is 0 Å². The number of benzene rings is 1. The molecule has 0 saturated carbocycles. The fraction of sp³-hybridized carbons (Fsp3) is 0.450. The van der Waals surface area contributed by atoms with E-state index < -0.39 is 0 Å². The van der Waals surface area contributed by atoms with E-state index in [9.17, 15) is 4.79 Å². The monoisotopic (exact) mass is 302 g/mol. The van der Waals surface area contributed by atoms with Crippen molar-refractivity contribution in [3.8, 4) is 0 Å². The van der Waals surface area contributed by atoms with E-state index in [0.29, 0.717) is 12.2 Å². The zero-order valence-electron chi connectivity index (χ0n) is 14.4. The van der Waals surface area contributed by atoms with Gasteiger partial charge in [0.15, 0.2) is 0 Å². The fourth-order valence-corrected chi connectivity index (χ4v) is 1.82. The van der Waals surface area contributed by atoms with Crippen LogP contribution in [-0.4, -0.2) is 12.6 Å². The van der Waals surface area contributed by atoms with E-state index in [1.807, 2.05) is 32.0 Å². The van der Waals surface area contributed by atoms with E-state index in [1.165, 1.54) is 24.8 Å². The first-order valence-electron chi connectivity index (χ1n) is 8.08. The van der Waals surface area contributed by atoms with Crippen LogP contribution in [0.3, 0.4) is 0 Å². The average molecular weight is 302 g/mol. The van der Waals surface area contributed by atoms with E-state index in [0.717, 1.165) is 18.4 Å². The first kappa shape index (κ1) is 20.2. The molecule has 0 unspecified atom stereocenters. The minimum atomic E-state index is -0.237. The summed E-state index contributed by atoms with van der Waals surface area (Å²) in [5.41, 5.74) is 2.95. The zero-order valence-corrected chi connectivity index (χ0v) is 14.4. The topological polar surface area (TPSA) is 26.3 Å². The molecule has 22 heavy (non-hydrogen) atoms. The number of esters is 1. The normalized spacial score (nSPS) is 9.41. The third kappa shape index (κ3) is 9.98. The summed E-state index contributed by atoms with van der Waals surface area (Å²) in [7, 11) is 0. The Bertz CT molecular complexity index is 446. The number of hydrogen-bond acceptors (Lipinski definition) is 2. The Morgan fingerprint density at radius 1 is 1.05 bits per heavy atom. The molecule has 1 aromatic carbocycles. The Balaban J connectivity index is 0.000000425. The van der Waals surface area contributed by atoms with Crippen LogP contribution >= 0.6 is 0 Å². The van der Waals surface area contributed by atoms with Crippen molar-refractivity contribution in [2.75, 3.05) is 6.61 Å². The molecule has 0 bridgehead atoms. The molecule has 1 rings (SSSR count). The minimum absolute atomic E-state index is 0.237. The van der Waals surface area contributed by atoms with Crippen molar-refractivity contribution < 1.29 is 9.53 Å². The van der Waals surface area contributed by atoms with Gasteiger partial charge in [0, 0.05) is 5.57 Å². The van der Waals surface area contributed by atoms with Crippen LogP contribution in [0.4, 0.5) is 0 Å². The minimum Gasteiger partial charge on any atom is -0.463 e. The Morgan fingerprint density at radius 2 is 1.68 bits per heavy atom. The molecule has 0 saturated heterocycles. The molecule has 1 aromatic rings. The quantitative estimate of drug-likeness (QED) is 0.345. The average Bonchev–Trinajstić information content (AvgIpc) is 2.53. The number of rotatable bonds is 8. The van der Waals surface area contributed by atoms with Gasteiger partial charge >= 0.3 is 5.97 Å². The van der Waals surface area contributed by atoms with Gasteiger partial charge in [-0.25, -0.2) is 4.79 Å². The number of hydrogen-bond donors (Lipinski definition) is 0. The lowest BCUT2D eigenvalue weighted by atomic mass is 10.1. The second kappa shape index (κ2) is 12.9. The van der Waals surface area contributed by atoms with Crippen LogP contribution in [0.25, 0.3) is 5.57 Å². The summed E-state index contributed by atoms with van der Waals surface area (Å²) >= 11 is 0. The molecule has 2 nitrogen and oxygen atoms in total. The highest BCUT2D eigenvalue weighted by Crippen LogP contribution is 2.10. The lowest BCUT2D eigenvalue weighted by Crippen LogP contribution is -2.06. The van der Waals surface area contributed by atoms with Gasteiger partial charge in [-0.2, -0.15) is 0 Å². The number of carbonyl (C=O) groups excluding carboxylic acids is 1. The molecule has 2 heteroatoms. The summed E-state index contributed by atoms with van der Waals surface area (Å²) < 4.78 is 4.82. The highest BCUT2D eigenvalue weighted by molar-refractivity contribution is 5.87. The van der Waals surface area contributed by atoms with Gasteiger partial charge in [-0.05, 0) is 32.3 Å². The Kier molecular flexibility index (Phi) is 11.8. The van der Waals surface area contributed by atoms with Crippen molar-refractivity contribution in [2.45, 2.75) is 52.9 Å². The maximum absolute atomic E-state index is 11.1. The molecule has 0 spiro atoms. The van der Waals surface area contributed by atoms with Gasteiger partial charge in [0.2, 0.25) is 0 Å². The zero-order chi connectivity index (χ0) is 16.8. The first-order chi connectivity index (χ1) is 10.5. The first-order valence-corrected chi connectivity index (χ1v) is 8.08. The van der Waals surface area contributed by atoms with Gasteiger partial charge in [0.25, 0.3) is 0 Å². The van der Waals surface area contributed by atoms with Crippen LogP contribution in [0, 0.1) is 0 Å². The van der Waals surface area contributed by atoms with Crippen molar-refractivity contribution in [3.05, 3.63) is 54.6 Å². The molecule has 0 aliphatic heterocycles. The molecular weight excluding hydrogens is 272 g/mol. The molecule has 0 N–H and O–H groups in total. The molecule has 0 amide bonds. The van der Waals surface area contributed by atoms with Crippen molar-refractivity contribution in [3.63, 3.8) is 0 Å². The molecule has 0 atom stereocenters. The van der Waals surface area contributed by atoms with Crippen molar-refractivity contribution in [1.82, 2.24) is 0 Å². The SMILES string of the molecule is C=C(C)c1ccccc1.C=C(CCCCCC)C(=O)OCC. The maximum Gasteiger partial charge on any atom is 0.333 e. The van der Waals surface area contributed by atoms with Crippen LogP contribution in [-0.2, 0) is 9.53 Å². The summed E-state index contributed by atoms with van der Waals surface area (Å²) in [6, 6.07) is 10.2. The van der Waals surface area contributed by atoms with Gasteiger partial charge in [-0.3, -0.25) is 0 Å². The second-order valence-electron chi connectivity index (χ2n) is 5.28. The van der Waals surface area contributed by atoms with Crippen molar-refractivity contribution in [1.29, 1.82) is 0 Å². The highest BCUT2D eigenvalue weighted by Gasteiger charge is 2.06.